The average Bonchev–Trinajstić information content (AvgIpc) is 3.67. The standard InChI is InChI=1S/C32H21NS4/c1-15-4-8-18(9-5-15)33-23-12-16(2)7-11-20(23)26-25(33)30-32(35-26)31-29(36-30)22-14-21-19-10-6-17(3)13-24(19)34-27(21)28(22)37-31/h4-13H,14H2,1-3H3. The Balaban J connectivity index is 1.35. The van der Waals surface area contributed by atoms with E-state index in [1.807, 2.05) is 45.3 Å². The molecule has 0 unspecified atom stereocenters. The molecule has 1 aliphatic carbocycles. The lowest BCUT2D eigenvalue weighted by molar-refractivity contribution is 1.18. The second-order valence-electron chi connectivity index (χ2n) is 10.4. The Hall–Kier alpha value is -2.96. The first kappa shape index (κ1) is 21.0. The molecular formula is C32H21NS4. The van der Waals surface area contributed by atoms with Gasteiger partial charge in [0.05, 0.1) is 39.4 Å². The summed E-state index contributed by atoms with van der Waals surface area (Å²) in [4.78, 5) is 3.04. The topological polar surface area (TPSA) is 4.93 Å². The van der Waals surface area contributed by atoms with Crippen LogP contribution in [0.15, 0.2) is 60.7 Å². The highest BCUT2D eigenvalue weighted by atomic mass is 32.1. The minimum atomic E-state index is 1.07. The summed E-state index contributed by atoms with van der Waals surface area (Å²) in [6.45, 7) is 6.56. The summed E-state index contributed by atoms with van der Waals surface area (Å²) in [5, 5.41) is 2.83. The second-order valence-corrected chi connectivity index (χ2v) is 14.5. The van der Waals surface area contributed by atoms with Crippen molar-refractivity contribution in [3.63, 3.8) is 0 Å². The molecule has 0 fully saturated rings. The molecule has 5 heteroatoms. The number of rotatable bonds is 1. The van der Waals surface area contributed by atoms with Crippen molar-refractivity contribution in [1.29, 1.82) is 0 Å². The predicted octanol–water partition coefficient (Wildman–Crippen LogP) is 11.0. The molecule has 0 saturated carbocycles. The lowest BCUT2D eigenvalue weighted by atomic mass is 10.1. The van der Waals surface area contributed by atoms with Crippen LogP contribution in [0.2, 0.25) is 0 Å². The van der Waals surface area contributed by atoms with E-state index in [1.165, 1.54) is 82.1 Å². The van der Waals surface area contributed by atoms with E-state index in [4.69, 9.17) is 0 Å². The van der Waals surface area contributed by atoms with Gasteiger partial charge in [0, 0.05) is 27.1 Å². The summed E-state index contributed by atoms with van der Waals surface area (Å²) in [7, 11) is 0. The fraction of sp³-hybridized carbons (Fsp3) is 0.125. The molecule has 3 aromatic carbocycles. The smallest absolute Gasteiger partial charge is 0.0829 e. The van der Waals surface area contributed by atoms with Gasteiger partial charge in [-0.05, 0) is 72.7 Å². The van der Waals surface area contributed by atoms with Crippen LogP contribution in [-0.2, 0) is 6.42 Å². The highest BCUT2D eigenvalue weighted by molar-refractivity contribution is 7.43. The fourth-order valence-electron chi connectivity index (χ4n) is 6.08. The minimum absolute atomic E-state index is 1.07. The van der Waals surface area contributed by atoms with Crippen molar-refractivity contribution in [3.05, 3.63) is 88.5 Å². The van der Waals surface area contributed by atoms with E-state index in [0.717, 1.165) is 6.42 Å². The van der Waals surface area contributed by atoms with Gasteiger partial charge in [-0.15, -0.1) is 45.3 Å². The van der Waals surface area contributed by atoms with Gasteiger partial charge >= 0.3 is 0 Å². The van der Waals surface area contributed by atoms with Gasteiger partial charge in [-0.25, -0.2) is 0 Å². The zero-order chi connectivity index (χ0) is 24.6. The number of fused-ring (bicyclic) bond motifs is 13. The first-order chi connectivity index (χ1) is 18.0. The Morgan fingerprint density at radius 3 is 2.08 bits per heavy atom. The van der Waals surface area contributed by atoms with E-state index < -0.39 is 0 Å². The third-order valence-electron chi connectivity index (χ3n) is 7.87. The molecule has 0 amide bonds. The monoisotopic (exact) mass is 547 g/mol. The fourth-order valence-corrected chi connectivity index (χ4v) is 12.1. The number of hydrogen-bond donors (Lipinski definition) is 0. The van der Waals surface area contributed by atoms with Crippen molar-refractivity contribution < 1.29 is 0 Å². The number of thiophene rings is 4. The summed E-state index contributed by atoms with van der Waals surface area (Å²) in [5.41, 5.74) is 11.0. The Bertz CT molecular complexity index is 2240. The van der Waals surface area contributed by atoms with Crippen LogP contribution in [0, 0.1) is 20.8 Å². The van der Waals surface area contributed by atoms with Crippen molar-refractivity contribution in [1.82, 2.24) is 4.57 Å². The number of aryl methyl sites for hydroxylation is 3. The molecule has 0 spiro atoms. The molecule has 178 valence electrons. The van der Waals surface area contributed by atoms with Crippen LogP contribution in [0.4, 0.5) is 0 Å². The van der Waals surface area contributed by atoms with Crippen molar-refractivity contribution in [2.45, 2.75) is 27.2 Å². The largest absolute Gasteiger partial charge is 0.307 e. The first-order valence-corrected chi connectivity index (χ1v) is 15.8. The molecule has 8 aromatic rings. The van der Waals surface area contributed by atoms with Crippen LogP contribution in [0.5, 0.6) is 0 Å². The lowest BCUT2D eigenvalue weighted by Gasteiger charge is -2.08. The maximum atomic E-state index is 2.52. The van der Waals surface area contributed by atoms with E-state index in [-0.39, 0.29) is 0 Å². The molecule has 5 aromatic heterocycles. The molecule has 37 heavy (non-hydrogen) atoms. The molecule has 0 bridgehead atoms. The second kappa shape index (κ2) is 7.12. The molecule has 5 heterocycles. The predicted molar refractivity (Wildman–Crippen MR) is 167 cm³/mol. The minimum Gasteiger partial charge on any atom is -0.307 e. The molecular weight excluding hydrogens is 527 g/mol. The molecule has 1 aliphatic rings. The average molecular weight is 548 g/mol. The molecule has 1 nitrogen and oxygen atoms in total. The summed E-state index contributed by atoms with van der Waals surface area (Å²) < 4.78 is 11.3. The van der Waals surface area contributed by atoms with E-state index in [2.05, 4.69) is 86.0 Å². The number of nitrogens with zero attached hydrogens (tertiary/aromatic N) is 1. The quantitative estimate of drug-likeness (QED) is 0.193. The molecule has 0 N–H and O–H groups in total. The van der Waals surface area contributed by atoms with Crippen LogP contribution < -0.4 is 0 Å². The van der Waals surface area contributed by atoms with Crippen molar-refractivity contribution in [3.8, 4) is 15.4 Å². The molecule has 0 radical (unpaired) electrons. The molecule has 0 saturated heterocycles. The van der Waals surface area contributed by atoms with Crippen molar-refractivity contribution in [2.75, 3.05) is 0 Å². The summed E-state index contributed by atoms with van der Waals surface area (Å²) in [6.07, 6.45) is 1.07. The SMILES string of the molecule is Cc1ccc(-n2c3cc(C)ccc3c3sc4c5sc6c(c5sc4c32)Cc2c-6sc3cc(C)ccc23)cc1. The maximum Gasteiger partial charge on any atom is 0.0829 e. The van der Waals surface area contributed by atoms with Crippen molar-refractivity contribution >= 4 is 95.4 Å². The van der Waals surface area contributed by atoms with Gasteiger partial charge in [0.1, 0.15) is 0 Å². The molecule has 9 rings (SSSR count). The number of hydrogen-bond acceptors (Lipinski definition) is 4. The van der Waals surface area contributed by atoms with Crippen LogP contribution in [0.25, 0.3) is 65.4 Å². The molecule has 0 aliphatic heterocycles. The van der Waals surface area contributed by atoms with E-state index in [9.17, 15) is 0 Å². The highest BCUT2D eigenvalue weighted by Crippen LogP contribution is 2.58. The number of benzene rings is 3. The number of aromatic nitrogens is 1. The highest BCUT2D eigenvalue weighted by Gasteiger charge is 2.31. The van der Waals surface area contributed by atoms with E-state index in [0.29, 0.717) is 0 Å². The third kappa shape index (κ3) is 2.68. The van der Waals surface area contributed by atoms with Gasteiger partial charge in [0.25, 0.3) is 0 Å². The lowest BCUT2D eigenvalue weighted by Crippen LogP contribution is -1.93. The van der Waals surface area contributed by atoms with Crippen LogP contribution in [0.3, 0.4) is 0 Å². The first-order valence-electron chi connectivity index (χ1n) is 12.6. The summed E-state index contributed by atoms with van der Waals surface area (Å²) >= 11 is 8.06. The van der Waals surface area contributed by atoms with Gasteiger partial charge in [0.15, 0.2) is 0 Å². The Kier molecular flexibility index (Phi) is 4.04. The van der Waals surface area contributed by atoms with Gasteiger partial charge < -0.3 is 4.57 Å². The van der Waals surface area contributed by atoms with Gasteiger partial charge in [-0.2, -0.15) is 0 Å². The summed E-state index contributed by atoms with van der Waals surface area (Å²) in [6, 6.07) is 22.9. The van der Waals surface area contributed by atoms with Gasteiger partial charge in [-0.3, -0.25) is 0 Å². The van der Waals surface area contributed by atoms with E-state index >= 15 is 0 Å². The molecule has 0 atom stereocenters. The normalized spacial score (nSPS) is 13.2. The van der Waals surface area contributed by atoms with Crippen LogP contribution in [-0.4, -0.2) is 4.57 Å². The summed E-state index contributed by atoms with van der Waals surface area (Å²) in [5.74, 6) is 0. The van der Waals surface area contributed by atoms with E-state index in [1.54, 1.807) is 11.1 Å². The maximum absolute atomic E-state index is 2.52. The van der Waals surface area contributed by atoms with Gasteiger partial charge in [0.2, 0.25) is 0 Å². The van der Waals surface area contributed by atoms with Crippen molar-refractivity contribution in [2.24, 2.45) is 0 Å². The zero-order valence-electron chi connectivity index (χ0n) is 20.6. The zero-order valence-corrected chi connectivity index (χ0v) is 23.8. The Labute approximate surface area is 229 Å². The van der Waals surface area contributed by atoms with Gasteiger partial charge in [-0.1, -0.05) is 42.0 Å². The van der Waals surface area contributed by atoms with Crippen LogP contribution in [0.1, 0.15) is 27.8 Å². The third-order valence-corrected chi connectivity index (χ3v) is 13.4. The van der Waals surface area contributed by atoms with Crippen LogP contribution >= 0.6 is 45.3 Å². The Morgan fingerprint density at radius 1 is 0.568 bits per heavy atom. The Morgan fingerprint density at radius 2 is 1.24 bits per heavy atom.